The van der Waals surface area contributed by atoms with Gasteiger partial charge in [0.05, 0.1) is 5.38 Å². The van der Waals surface area contributed by atoms with Crippen LogP contribution in [0.3, 0.4) is 0 Å². The second-order valence-electron chi connectivity index (χ2n) is 2.55. The van der Waals surface area contributed by atoms with Crippen LogP contribution in [-0.2, 0) is 4.79 Å². The van der Waals surface area contributed by atoms with Crippen LogP contribution >= 0.6 is 23.2 Å². The van der Waals surface area contributed by atoms with E-state index in [1.54, 1.807) is 24.3 Å². The maximum absolute atomic E-state index is 10.5. The third-order valence-electron chi connectivity index (χ3n) is 1.61. The molecule has 0 fully saturated rings. The summed E-state index contributed by atoms with van der Waals surface area (Å²) in [6, 6.07) is 8.90. The lowest BCUT2D eigenvalue weighted by Crippen LogP contribution is -2.18. The lowest BCUT2D eigenvalue weighted by Gasteiger charge is -2.11. The highest BCUT2D eigenvalue weighted by atomic mass is 35.5. The smallest absolute Gasteiger partial charge is 0.323 e. The predicted octanol–water partition coefficient (Wildman–Crippen LogP) is 2.66. The number of rotatable bonds is 3. The average molecular weight is 219 g/mol. The fourth-order valence-corrected chi connectivity index (χ4v) is 1.33. The van der Waals surface area contributed by atoms with Gasteiger partial charge in [0.1, 0.15) is 0 Å². The Bertz CT molecular complexity index is 287. The van der Waals surface area contributed by atoms with Gasteiger partial charge in [-0.3, -0.25) is 4.79 Å². The van der Waals surface area contributed by atoms with Crippen LogP contribution in [0.5, 0.6) is 0 Å². The van der Waals surface area contributed by atoms with Crippen molar-refractivity contribution in [3.05, 3.63) is 35.9 Å². The molecule has 1 aromatic carbocycles. The van der Waals surface area contributed by atoms with Gasteiger partial charge in [-0.2, -0.15) is 0 Å². The van der Waals surface area contributed by atoms with Crippen molar-refractivity contribution >= 4 is 29.2 Å². The summed E-state index contributed by atoms with van der Waals surface area (Å²) in [6.45, 7) is 0. The number of halogens is 2. The van der Waals surface area contributed by atoms with E-state index < -0.39 is 16.7 Å². The van der Waals surface area contributed by atoms with Crippen molar-refractivity contribution in [2.45, 2.75) is 10.8 Å². The van der Waals surface area contributed by atoms with Gasteiger partial charge in [0, 0.05) is 0 Å². The number of carboxylic acid groups (broad SMARTS) is 1. The molecule has 13 heavy (non-hydrogen) atoms. The van der Waals surface area contributed by atoms with E-state index in [2.05, 4.69) is 0 Å². The maximum atomic E-state index is 10.5. The number of benzene rings is 1. The topological polar surface area (TPSA) is 37.3 Å². The molecule has 0 bridgehead atoms. The fraction of sp³-hybridized carbons (Fsp3) is 0.222. The SMILES string of the molecule is O=C(O)[C@@H](Cl)[C@H](Cl)c1ccccc1. The number of hydrogen-bond donors (Lipinski definition) is 1. The van der Waals surface area contributed by atoms with Crippen LogP contribution in [0.15, 0.2) is 30.3 Å². The standard InChI is InChI=1S/C9H8Cl2O2/c10-7(8(11)9(12)13)6-4-2-1-3-5-6/h1-5,7-8H,(H,12,13)/t7-,8+/m1/s1. The van der Waals surface area contributed by atoms with E-state index in [9.17, 15) is 4.79 Å². The quantitative estimate of drug-likeness (QED) is 0.793. The minimum atomic E-state index is -1.11. The molecule has 0 spiro atoms. The Morgan fingerprint density at radius 3 is 2.23 bits per heavy atom. The van der Waals surface area contributed by atoms with Gasteiger partial charge in [-0.1, -0.05) is 30.3 Å². The second-order valence-corrected chi connectivity index (χ2v) is 3.49. The van der Waals surface area contributed by atoms with Crippen molar-refractivity contribution < 1.29 is 9.90 Å². The van der Waals surface area contributed by atoms with E-state index in [0.29, 0.717) is 5.56 Å². The van der Waals surface area contributed by atoms with Crippen LogP contribution in [0, 0.1) is 0 Å². The van der Waals surface area contributed by atoms with Crippen molar-refractivity contribution in [1.29, 1.82) is 0 Å². The van der Waals surface area contributed by atoms with Crippen LogP contribution in [-0.4, -0.2) is 16.5 Å². The molecule has 0 aliphatic rings. The van der Waals surface area contributed by atoms with Gasteiger partial charge in [-0.15, -0.1) is 23.2 Å². The van der Waals surface area contributed by atoms with Crippen molar-refractivity contribution in [1.82, 2.24) is 0 Å². The predicted molar refractivity (Wildman–Crippen MR) is 52.3 cm³/mol. The van der Waals surface area contributed by atoms with Gasteiger partial charge < -0.3 is 5.11 Å². The van der Waals surface area contributed by atoms with Crippen molar-refractivity contribution in [3.8, 4) is 0 Å². The Kier molecular flexibility index (Phi) is 3.58. The lowest BCUT2D eigenvalue weighted by atomic mass is 10.1. The van der Waals surface area contributed by atoms with Gasteiger partial charge in [0.25, 0.3) is 0 Å². The molecule has 2 nitrogen and oxygen atoms in total. The fourth-order valence-electron chi connectivity index (χ4n) is 0.931. The van der Waals surface area contributed by atoms with Gasteiger partial charge in [0.15, 0.2) is 5.38 Å². The summed E-state index contributed by atoms with van der Waals surface area (Å²) in [5.74, 6) is -1.11. The van der Waals surface area contributed by atoms with Crippen molar-refractivity contribution in [2.24, 2.45) is 0 Å². The first-order valence-electron chi connectivity index (χ1n) is 3.69. The highest BCUT2D eigenvalue weighted by Crippen LogP contribution is 2.27. The maximum Gasteiger partial charge on any atom is 0.323 e. The van der Waals surface area contributed by atoms with Crippen LogP contribution in [0.1, 0.15) is 10.9 Å². The van der Waals surface area contributed by atoms with E-state index >= 15 is 0 Å². The van der Waals surface area contributed by atoms with E-state index in [1.807, 2.05) is 6.07 Å². The number of carbonyl (C=O) groups is 1. The molecule has 1 N–H and O–H groups in total. The molecule has 1 aromatic rings. The highest BCUT2D eigenvalue weighted by Gasteiger charge is 2.24. The van der Waals surface area contributed by atoms with E-state index in [0.717, 1.165) is 0 Å². The molecule has 0 aliphatic heterocycles. The Hall–Kier alpha value is -0.730. The Morgan fingerprint density at radius 2 is 1.77 bits per heavy atom. The summed E-state index contributed by atoms with van der Waals surface area (Å²) in [5, 5.41) is 6.81. The third-order valence-corrected chi connectivity index (χ3v) is 2.68. The van der Waals surface area contributed by atoms with Crippen LogP contribution < -0.4 is 0 Å². The summed E-state index contributed by atoms with van der Waals surface area (Å²) < 4.78 is 0. The molecule has 0 aliphatic carbocycles. The molecule has 0 radical (unpaired) electrons. The van der Waals surface area contributed by atoms with Crippen molar-refractivity contribution in [2.75, 3.05) is 0 Å². The molecule has 0 heterocycles. The summed E-state index contributed by atoms with van der Waals surface area (Å²) in [7, 11) is 0. The van der Waals surface area contributed by atoms with Gasteiger partial charge in [-0.25, -0.2) is 0 Å². The molecule has 0 saturated carbocycles. The molecule has 70 valence electrons. The zero-order valence-electron chi connectivity index (χ0n) is 6.65. The first-order valence-corrected chi connectivity index (χ1v) is 4.56. The molecule has 4 heteroatoms. The molecule has 1 rings (SSSR count). The molecule has 2 atom stereocenters. The van der Waals surface area contributed by atoms with Gasteiger partial charge in [-0.05, 0) is 5.56 Å². The van der Waals surface area contributed by atoms with E-state index in [4.69, 9.17) is 28.3 Å². The number of alkyl halides is 2. The lowest BCUT2D eigenvalue weighted by molar-refractivity contribution is -0.136. The largest absolute Gasteiger partial charge is 0.480 e. The van der Waals surface area contributed by atoms with E-state index in [-0.39, 0.29) is 0 Å². The van der Waals surface area contributed by atoms with Crippen LogP contribution in [0.25, 0.3) is 0 Å². The minimum absolute atomic E-state index is 0.694. The van der Waals surface area contributed by atoms with Gasteiger partial charge >= 0.3 is 5.97 Å². The van der Waals surface area contributed by atoms with E-state index in [1.165, 1.54) is 0 Å². The van der Waals surface area contributed by atoms with Gasteiger partial charge in [0.2, 0.25) is 0 Å². The Balaban J connectivity index is 2.79. The monoisotopic (exact) mass is 218 g/mol. The molecule has 0 amide bonds. The minimum Gasteiger partial charge on any atom is -0.480 e. The summed E-state index contributed by atoms with van der Waals surface area (Å²) in [5.41, 5.74) is 0.714. The molecule has 0 aromatic heterocycles. The van der Waals surface area contributed by atoms with Crippen molar-refractivity contribution in [3.63, 3.8) is 0 Å². The molecule has 0 unspecified atom stereocenters. The third kappa shape index (κ3) is 2.61. The van der Waals surface area contributed by atoms with Crippen LogP contribution in [0.4, 0.5) is 0 Å². The zero-order valence-corrected chi connectivity index (χ0v) is 8.16. The number of carboxylic acids is 1. The summed E-state index contributed by atoms with van der Waals surface area (Å²) in [6.07, 6.45) is 0. The molecule has 0 saturated heterocycles. The summed E-state index contributed by atoms with van der Waals surface area (Å²) >= 11 is 11.4. The Morgan fingerprint density at radius 1 is 1.23 bits per heavy atom. The second kappa shape index (κ2) is 4.49. The molecular formula is C9H8Cl2O2. The first-order chi connectivity index (χ1) is 6.13. The highest BCUT2D eigenvalue weighted by molar-refractivity contribution is 6.36. The average Bonchev–Trinajstić information content (AvgIpc) is 2.17. The zero-order chi connectivity index (χ0) is 9.84. The first kappa shape index (κ1) is 10.4. The summed E-state index contributed by atoms with van der Waals surface area (Å²) in [4.78, 5) is 10.5. The molecular weight excluding hydrogens is 211 g/mol. The number of aliphatic carboxylic acids is 1. The Labute approximate surface area is 86.1 Å². The number of hydrogen-bond acceptors (Lipinski definition) is 1. The normalized spacial score (nSPS) is 14.9. The van der Waals surface area contributed by atoms with Crippen LogP contribution in [0.2, 0.25) is 0 Å².